The molecule has 0 aromatic heterocycles. The molecular weight excluding hydrogens is 266 g/mol. The van der Waals surface area contributed by atoms with Crippen LogP contribution in [0, 0.1) is 0 Å². The lowest BCUT2D eigenvalue weighted by Crippen LogP contribution is -2.28. The van der Waals surface area contributed by atoms with Crippen molar-refractivity contribution >= 4 is 17.5 Å². The Bertz CT molecular complexity index is 469. The molecule has 5 nitrogen and oxygen atoms in total. The van der Waals surface area contributed by atoms with Crippen LogP contribution in [0.3, 0.4) is 0 Å². The number of hydrogen-bond donors (Lipinski definition) is 3. The Balaban J connectivity index is 2.44. The van der Waals surface area contributed by atoms with Crippen LogP contribution in [-0.2, 0) is 4.79 Å². The van der Waals surface area contributed by atoms with Gasteiger partial charge in [-0.25, -0.2) is 0 Å². The zero-order valence-electron chi connectivity index (χ0n) is 12.4. The minimum Gasteiger partial charge on any atom is -0.352 e. The molecule has 3 N–H and O–H groups in total. The minimum absolute atomic E-state index is 0.0889. The van der Waals surface area contributed by atoms with Crippen molar-refractivity contribution < 1.29 is 9.59 Å². The van der Waals surface area contributed by atoms with Gasteiger partial charge in [-0.2, -0.15) is 0 Å². The monoisotopic (exact) mass is 289 g/mol. The Morgan fingerprint density at radius 3 is 2.57 bits per heavy atom. The van der Waals surface area contributed by atoms with E-state index in [1.54, 1.807) is 30.3 Å². The van der Waals surface area contributed by atoms with Gasteiger partial charge in [0.2, 0.25) is 5.91 Å². The zero-order chi connectivity index (χ0) is 15.5. The zero-order valence-corrected chi connectivity index (χ0v) is 12.4. The fourth-order valence-electron chi connectivity index (χ4n) is 1.68. The van der Waals surface area contributed by atoms with Gasteiger partial charge >= 0.3 is 0 Å². The number of nitrogens with one attached hydrogen (secondary N) is 3. The molecule has 1 aromatic carbocycles. The molecule has 0 saturated heterocycles. The highest BCUT2D eigenvalue weighted by atomic mass is 16.2. The molecule has 0 atom stereocenters. The number of hydrogen-bond acceptors (Lipinski definition) is 3. The van der Waals surface area contributed by atoms with E-state index in [1.807, 2.05) is 0 Å². The Hall–Kier alpha value is -2.14. The quantitative estimate of drug-likeness (QED) is 0.480. The summed E-state index contributed by atoms with van der Waals surface area (Å²) in [5.41, 5.74) is 1.26. The van der Waals surface area contributed by atoms with Crippen LogP contribution in [0.5, 0.6) is 0 Å². The maximum Gasteiger partial charge on any atom is 0.251 e. The molecule has 0 bridgehead atoms. The van der Waals surface area contributed by atoms with E-state index in [1.165, 1.54) is 0 Å². The lowest BCUT2D eigenvalue weighted by atomic mass is 10.2. The summed E-state index contributed by atoms with van der Waals surface area (Å²) >= 11 is 0. The van der Waals surface area contributed by atoms with E-state index in [2.05, 4.69) is 29.5 Å². The lowest BCUT2D eigenvalue weighted by molar-refractivity contribution is -0.115. The molecule has 2 amide bonds. The van der Waals surface area contributed by atoms with Crippen LogP contribution in [0.25, 0.3) is 0 Å². The van der Waals surface area contributed by atoms with E-state index in [0.717, 1.165) is 12.8 Å². The predicted octanol–water partition coefficient (Wildman–Crippen LogP) is 1.93. The van der Waals surface area contributed by atoms with E-state index < -0.39 is 0 Å². The molecule has 0 spiro atoms. The van der Waals surface area contributed by atoms with E-state index in [-0.39, 0.29) is 18.4 Å². The summed E-state index contributed by atoms with van der Waals surface area (Å²) in [5, 5.41) is 8.52. The van der Waals surface area contributed by atoms with Crippen molar-refractivity contribution in [3.8, 4) is 0 Å². The second-order valence-electron chi connectivity index (χ2n) is 4.65. The molecule has 1 aromatic rings. The SMILES string of the molecule is C=CCNCC(=O)Nc1ccc(C(=O)NCCCC)cc1. The molecule has 0 heterocycles. The molecule has 0 fully saturated rings. The van der Waals surface area contributed by atoms with Crippen molar-refractivity contribution in [1.29, 1.82) is 0 Å². The number of rotatable bonds is 9. The number of carbonyl (C=O) groups is 2. The lowest BCUT2D eigenvalue weighted by Gasteiger charge is -2.07. The van der Waals surface area contributed by atoms with E-state index in [9.17, 15) is 9.59 Å². The van der Waals surface area contributed by atoms with Crippen LogP contribution in [0.2, 0.25) is 0 Å². The number of anilines is 1. The summed E-state index contributed by atoms with van der Waals surface area (Å²) < 4.78 is 0. The number of benzene rings is 1. The van der Waals surface area contributed by atoms with Gasteiger partial charge < -0.3 is 16.0 Å². The summed E-state index contributed by atoms with van der Waals surface area (Å²) in [6.45, 7) is 7.14. The Morgan fingerprint density at radius 2 is 1.95 bits per heavy atom. The van der Waals surface area contributed by atoms with Gasteiger partial charge in [-0.15, -0.1) is 6.58 Å². The molecule has 21 heavy (non-hydrogen) atoms. The first-order chi connectivity index (χ1) is 10.2. The Kier molecular flexibility index (Phi) is 7.82. The fraction of sp³-hybridized carbons (Fsp3) is 0.375. The summed E-state index contributed by atoms with van der Waals surface area (Å²) in [7, 11) is 0. The molecule has 0 unspecified atom stereocenters. The highest BCUT2D eigenvalue weighted by Gasteiger charge is 2.05. The summed E-state index contributed by atoms with van der Waals surface area (Å²) in [4.78, 5) is 23.4. The van der Waals surface area contributed by atoms with E-state index in [0.29, 0.717) is 24.3 Å². The van der Waals surface area contributed by atoms with Crippen LogP contribution < -0.4 is 16.0 Å². The highest BCUT2D eigenvalue weighted by molar-refractivity contribution is 5.96. The number of carbonyl (C=O) groups excluding carboxylic acids is 2. The third kappa shape index (κ3) is 6.72. The summed E-state index contributed by atoms with van der Waals surface area (Å²) in [5.74, 6) is -0.217. The smallest absolute Gasteiger partial charge is 0.251 e. The average Bonchev–Trinajstić information content (AvgIpc) is 2.48. The van der Waals surface area contributed by atoms with Crippen molar-refractivity contribution in [2.45, 2.75) is 19.8 Å². The maximum absolute atomic E-state index is 11.8. The molecule has 5 heteroatoms. The topological polar surface area (TPSA) is 70.2 Å². The van der Waals surface area contributed by atoms with Gasteiger partial charge in [-0.1, -0.05) is 19.4 Å². The largest absolute Gasteiger partial charge is 0.352 e. The number of amides is 2. The van der Waals surface area contributed by atoms with Gasteiger partial charge in [-0.3, -0.25) is 9.59 Å². The average molecular weight is 289 g/mol. The van der Waals surface area contributed by atoms with Gasteiger partial charge in [0.1, 0.15) is 0 Å². The van der Waals surface area contributed by atoms with Crippen molar-refractivity contribution in [2.24, 2.45) is 0 Å². The first-order valence-electron chi connectivity index (χ1n) is 7.17. The maximum atomic E-state index is 11.8. The van der Waals surface area contributed by atoms with Gasteiger partial charge in [0.15, 0.2) is 0 Å². The van der Waals surface area contributed by atoms with Crippen LogP contribution in [0.4, 0.5) is 5.69 Å². The number of unbranched alkanes of at least 4 members (excludes halogenated alkanes) is 1. The van der Waals surface area contributed by atoms with Crippen LogP contribution in [0.1, 0.15) is 30.1 Å². The van der Waals surface area contributed by atoms with Crippen molar-refractivity contribution in [2.75, 3.05) is 25.0 Å². The van der Waals surface area contributed by atoms with Crippen molar-refractivity contribution in [3.05, 3.63) is 42.5 Å². The standard InChI is InChI=1S/C16H23N3O2/c1-3-5-11-18-16(21)13-6-8-14(9-7-13)19-15(20)12-17-10-4-2/h4,6-9,17H,2-3,5,10-12H2,1H3,(H,18,21)(H,19,20). The third-order valence-electron chi connectivity index (χ3n) is 2.82. The molecule has 0 aliphatic heterocycles. The van der Waals surface area contributed by atoms with Crippen molar-refractivity contribution in [3.63, 3.8) is 0 Å². The van der Waals surface area contributed by atoms with E-state index >= 15 is 0 Å². The molecule has 0 aliphatic carbocycles. The summed E-state index contributed by atoms with van der Waals surface area (Å²) in [6.07, 6.45) is 3.71. The second kappa shape index (κ2) is 9.72. The Labute approximate surface area is 125 Å². The predicted molar refractivity (Wildman–Crippen MR) is 85.4 cm³/mol. The van der Waals surface area contributed by atoms with E-state index in [4.69, 9.17) is 0 Å². The first-order valence-corrected chi connectivity index (χ1v) is 7.17. The molecule has 1 rings (SSSR count). The Morgan fingerprint density at radius 1 is 1.24 bits per heavy atom. The molecular formula is C16H23N3O2. The molecule has 114 valence electrons. The highest BCUT2D eigenvalue weighted by Crippen LogP contribution is 2.09. The van der Waals surface area contributed by atoms with Crippen molar-refractivity contribution in [1.82, 2.24) is 10.6 Å². The van der Waals surface area contributed by atoms with Gasteiger partial charge in [-0.05, 0) is 30.7 Å². The van der Waals surface area contributed by atoms with Gasteiger partial charge in [0.05, 0.1) is 6.54 Å². The van der Waals surface area contributed by atoms with Gasteiger partial charge in [0.25, 0.3) is 5.91 Å². The van der Waals surface area contributed by atoms with Gasteiger partial charge in [0, 0.05) is 24.3 Å². The summed E-state index contributed by atoms with van der Waals surface area (Å²) in [6, 6.07) is 6.85. The van der Waals surface area contributed by atoms with Crippen LogP contribution >= 0.6 is 0 Å². The minimum atomic E-state index is -0.128. The third-order valence-corrected chi connectivity index (χ3v) is 2.82. The van der Waals surface area contributed by atoms with Crippen LogP contribution in [-0.4, -0.2) is 31.4 Å². The molecule has 0 radical (unpaired) electrons. The fourth-order valence-corrected chi connectivity index (χ4v) is 1.68. The molecule has 0 saturated carbocycles. The molecule has 0 aliphatic rings. The normalized spacial score (nSPS) is 9.95. The van der Waals surface area contributed by atoms with Crippen LogP contribution in [0.15, 0.2) is 36.9 Å². The first kappa shape index (κ1) is 16.9. The second-order valence-corrected chi connectivity index (χ2v) is 4.65.